The van der Waals surface area contributed by atoms with Gasteiger partial charge in [-0.3, -0.25) is 5.10 Å². The Labute approximate surface area is 109 Å². The number of rotatable bonds is 2. The highest BCUT2D eigenvalue weighted by Crippen LogP contribution is 2.26. The molecule has 0 aliphatic heterocycles. The first-order valence-electron chi connectivity index (χ1n) is 4.21. The normalized spacial score (nSPS) is 10.7. The van der Waals surface area contributed by atoms with Gasteiger partial charge in [-0.25, -0.2) is 9.78 Å². The Kier molecular flexibility index (Phi) is 3.28. The molecular formula is C8H7IN4O2S. The molecule has 0 saturated carbocycles. The van der Waals surface area contributed by atoms with Gasteiger partial charge in [0.15, 0.2) is 5.65 Å². The molecule has 6 nitrogen and oxygen atoms in total. The van der Waals surface area contributed by atoms with Crippen molar-refractivity contribution in [1.29, 1.82) is 0 Å². The lowest BCUT2D eigenvalue weighted by atomic mass is 10.4. The predicted molar refractivity (Wildman–Crippen MR) is 67.5 cm³/mol. The van der Waals surface area contributed by atoms with Crippen LogP contribution in [-0.4, -0.2) is 39.5 Å². The second kappa shape index (κ2) is 4.53. The van der Waals surface area contributed by atoms with Crippen molar-refractivity contribution in [1.82, 2.24) is 20.2 Å². The summed E-state index contributed by atoms with van der Waals surface area (Å²) in [6.07, 6.45) is 1.88. The van der Waals surface area contributed by atoms with Crippen LogP contribution in [0.3, 0.4) is 0 Å². The third-order valence-electron chi connectivity index (χ3n) is 1.90. The predicted octanol–water partition coefficient (Wildman–Crippen LogP) is 1.47. The van der Waals surface area contributed by atoms with Crippen molar-refractivity contribution >= 4 is 51.4 Å². The van der Waals surface area contributed by atoms with Gasteiger partial charge in [-0.1, -0.05) is 0 Å². The van der Waals surface area contributed by atoms with Gasteiger partial charge in [0.2, 0.25) is 5.82 Å². The number of hydrogen-bond donors (Lipinski definition) is 1. The lowest BCUT2D eigenvalue weighted by Crippen LogP contribution is -2.08. The zero-order valence-corrected chi connectivity index (χ0v) is 11.4. The molecule has 0 aliphatic rings. The first-order chi connectivity index (χ1) is 7.67. The van der Waals surface area contributed by atoms with Gasteiger partial charge in [0, 0.05) is 0 Å². The van der Waals surface area contributed by atoms with Gasteiger partial charge in [0.1, 0.15) is 8.73 Å². The summed E-state index contributed by atoms with van der Waals surface area (Å²) in [4.78, 5) is 19.5. The second-order valence-corrected chi connectivity index (χ2v) is 4.66. The van der Waals surface area contributed by atoms with Crippen LogP contribution in [0.25, 0.3) is 11.0 Å². The van der Waals surface area contributed by atoms with Gasteiger partial charge in [-0.05, 0) is 28.8 Å². The highest BCUT2D eigenvalue weighted by Gasteiger charge is 2.17. The van der Waals surface area contributed by atoms with Crippen molar-refractivity contribution in [3.63, 3.8) is 0 Å². The summed E-state index contributed by atoms with van der Waals surface area (Å²) in [6.45, 7) is 0. The Morgan fingerprint density at radius 3 is 2.88 bits per heavy atom. The van der Waals surface area contributed by atoms with Crippen molar-refractivity contribution in [3.05, 3.63) is 9.53 Å². The van der Waals surface area contributed by atoms with Crippen LogP contribution in [-0.2, 0) is 4.74 Å². The SMILES string of the molecule is COC(=O)c1nc(SC)c2c(I)[nH]nc2n1. The second-order valence-electron chi connectivity index (χ2n) is 2.78. The standard InChI is InChI=1S/C8H7IN4O2S/c1-15-8(14)6-10-5-3(4(9)12-13-5)7(11-6)16-2/h1-2H3,(H,10,11,12,13). The minimum atomic E-state index is -0.560. The van der Waals surface area contributed by atoms with E-state index in [2.05, 4.69) is 47.5 Å². The Morgan fingerprint density at radius 2 is 2.25 bits per heavy atom. The van der Waals surface area contributed by atoms with Gasteiger partial charge < -0.3 is 4.74 Å². The van der Waals surface area contributed by atoms with Crippen molar-refractivity contribution in [3.8, 4) is 0 Å². The largest absolute Gasteiger partial charge is 0.463 e. The molecule has 0 amide bonds. The molecule has 0 aliphatic carbocycles. The molecule has 0 atom stereocenters. The molecular weight excluding hydrogens is 343 g/mol. The number of nitrogens with one attached hydrogen (secondary N) is 1. The lowest BCUT2D eigenvalue weighted by molar-refractivity contribution is 0.0586. The van der Waals surface area contributed by atoms with Crippen molar-refractivity contribution in [2.75, 3.05) is 13.4 Å². The Morgan fingerprint density at radius 1 is 1.50 bits per heavy atom. The summed E-state index contributed by atoms with van der Waals surface area (Å²) in [5.74, 6) is -0.530. The van der Waals surface area contributed by atoms with E-state index < -0.39 is 5.97 Å². The molecule has 16 heavy (non-hydrogen) atoms. The smallest absolute Gasteiger partial charge is 0.376 e. The van der Waals surface area contributed by atoms with Crippen LogP contribution >= 0.6 is 34.4 Å². The number of fused-ring (bicyclic) bond motifs is 1. The fourth-order valence-corrected chi connectivity index (χ4v) is 2.57. The van der Waals surface area contributed by atoms with Gasteiger partial charge in [-0.2, -0.15) is 10.1 Å². The molecule has 0 fully saturated rings. The van der Waals surface area contributed by atoms with E-state index in [1.54, 1.807) is 0 Å². The maximum Gasteiger partial charge on any atom is 0.376 e. The molecule has 8 heteroatoms. The third kappa shape index (κ3) is 1.86. The maximum atomic E-state index is 11.3. The number of ether oxygens (including phenoxy) is 1. The number of halogens is 1. The fraction of sp³-hybridized carbons (Fsp3) is 0.250. The summed E-state index contributed by atoms with van der Waals surface area (Å²) < 4.78 is 5.43. The molecule has 0 bridgehead atoms. The number of carbonyl (C=O) groups is 1. The van der Waals surface area contributed by atoms with Crippen molar-refractivity contribution in [2.24, 2.45) is 0 Å². The first kappa shape index (κ1) is 11.6. The average Bonchev–Trinajstić information content (AvgIpc) is 2.69. The molecule has 2 rings (SSSR count). The van der Waals surface area contributed by atoms with E-state index in [0.29, 0.717) is 10.7 Å². The minimum absolute atomic E-state index is 0.0299. The zero-order chi connectivity index (χ0) is 11.7. The lowest BCUT2D eigenvalue weighted by Gasteiger charge is -2.01. The summed E-state index contributed by atoms with van der Waals surface area (Å²) in [5.41, 5.74) is 0.476. The zero-order valence-electron chi connectivity index (χ0n) is 8.44. The highest BCUT2D eigenvalue weighted by molar-refractivity contribution is 14.1. The topological polar surface area (TPSA) is 80.8 Å². The monoisotopic (exact) mass is 350 g/mol. The number of hydrogen-bond acceptors (Lipinski definition) is 6. The molecule has 0 aromatic carbocycles. The van der Waals surface area contributed by atoms with Crippen LogP contribution in [0.5, 0.6) is 0 Å². The number of nitrogens with zero attached hydrogens (tertiary/aromatic N) is 3. The van der Waals surface area contributed by atoms with Crippen LogP contribution in [0, 0.1) is 3.70 Å². The van der Waals surface area contributed by atoms with Crippen LogP contribution in [0.15, 0.2) is 5.03 Å². The van der Waals surface area contributed by atoms with E-state index >= 15 is 0 Å². The molecule has 2 heterocycles. The number of methoxy groups -OCH3 is 1. The molecule has 0 spiro atoms. The number of aromatic nitrogens is 4. The Balaban J connectivity index is 2.69. The Bertz CT molecular complexity index is 556. The van der Waals surface area contributed by atoms with Crippen LogP contribution in [0.2, 0.25) is 0 Å². The summed E-state index contributed by atoms with van der Waals surface area (Å²) in [7, 11) is 1.29. The third-order valence-corrected chi connectivity index (χ3v) is 3.36. The summed E-state index contributed by atoms with van der Waals surface area (Å²) >= 11 is 3.55. The van der Waals surface area contributed by atoms with E-state index in [0.717, 1.165) is 9.09 Å². The number of H-pyrrole nitrogens is 1. The highest BCUT2D eigenvalue weighted by atomic mass is 127. The Hall–Kier alpha value is -0.900. The number of aromatic amines is 1. The van der Waals surface area contributed by atoms with E-state index in [-0.39, 0.29) is 5.82 Å². The molecule has 2 aromatic heterocycles. The summed E-state index contributed by atoms with van der Waals surface area (Å²) in [5, 5.41) is 8.35. The quantitative estimate of drug-likeness (QED) is 0.382. The van der Waals surface area contributed by atoms with E-state index in [9.17, 15) is 4.79 Å². The average molecular weight is 350 g/mol. The first-order valence-corrected chi connectivity index (χ1v) is 6.51. The van der Waals surface area contributed by atoms with Gasteiger partial charge in [0.25, 0.3) is 0 Å². The van der Waals surface area contributed by atoms with E-state index in [1.807, 2.05) is 6.26 Å². The van der Waals surface area contributed by atoms with Crippen LogP contribution < -0.4 is 0 Å². The van der Waals surface area contributed by atoms with Gasteiger partial charge in [0.05, 0.1) is 12.5 Å². The number of esters is 1. The fourth-order valence-electron chi connectivity index (χ4n) is 1.19. The number of carbonyl (C=O) groups excluding carboxylic acids is 1. The van der Waals surface area contributed by atoms with Gasteiger partial charge >= 0.3 is 5.97 Å². The van der Waals surface area contributed by atoms with E-state index in [4.69, 9.17) is 0 Å². The van der Waals surface area contributed by atoms with Crippen molar-refractivity contribution in [2.45, 2.75) is 5.03 Å². The maximum absolute atomic E-state index is 11.3. The van der Waals surface area contributed by atoms with Gasteiger partial charge in [-0.15, -0.1) is 11.8 Å². The molecule has 0 unspecified atom stereocenters. The number of thioether (sulfide) groups is 1. The summed E-state index contributed by atoms with van der Waals surface area (Å²) in [6, 6.07) is 0. The van der Waals surface area contributed by atoms with Crippen LogP contribution in [0.4, 0.5) is 0 Å². The minimum Gasteiger partial charge on any atom is -0.463 e. The molecule has 0 radical (unpaired) electrons. The van der Waals surface area contributed by atoms with Crippen molar-refractivity contribution < 1.29 is 9.53 Å². The van der Waals surface area contributed by atoms with E-state index in [1.165, 1.54) is 18.9 Å². The molecule has 0 saturated heterocycles. The molecule has 2 aromatic rings. The molecule has 84 valence electrons. The van der Waals surface area contributed by atoms with Crippen LogP contribution in [0.1, 0.15) is 10.6 Å². The molecule has 1 N–H and O–H groups in total.